The first-order chi connectivity index (χ1) is 18.1. The van der Waals surface area contributed by atoms with Gasteiger partial charge in [-0.15, -0.1) is 0 Å². The van der Waals surface area contributed by atoms with Crippen molar-refractivity contribution < 1.29 is 34.1 Å². The molecule has 0 radical (unpaired) electrons. The molecule has 0 aliphatic heterocycles. The molecule has 0 aliphatic rings. The zero-order chi connectivity index (χ0) is 29.5. The van der Waals surface area contributed by atoms with Gasteiger partial charge >= 0.3 is 6.09 Å². The average molecular weight is 544 g/mol. The third kappa shape index (κ3) is 8.35. The van der Waals surface area contributed by atoms with Crippen LogP contribution in [0.15, 0.2) is 42.5 Å². The Balaban J connectivity index is 2.60. The third-order valence-corrected chi connectivity index (χ3v) is 6.33. The number of hydrogen-bond donors (Lipinski definition) is 4. The smallest absolute Gasteiger partial charge is 0.408 e. The van der Waals surface area contributed by atoms with Crippen molar-refractivity contribution in [2.45, 2.75) is 78.1 Å². The molecule has 10 heteroatoms. The Bertz CT molecular complexity index is 1160. The van der Waals surface area contributed by atoms with E-state index in [4.69, 9.17) is 9.47 Å². The highest BCUT2D eigenvalue weighted by Crippen LogP contribution is 2.34. The van der Waals surface area contributed by atoms with Crippen molar-refractivity contribution >= 4 is 23.6 Å². The van der Waals surface area contributed by atoms with Crippen LogP contribution in [0.25, 0.3) is 0 Å². The maximum absolute atomic E-state index is 14.0. The second kappa shape index (κ2) is 12.8. The second-order valence-electron chi connectivity index (χ2n) is 10.9. The Labute approximate surface area is 230 Å². The standard InChI is InChI=1S/C29H41N3O7/c1-9-29(6,7)32(26(36)22(17-33)31-27(37)39-28(3,4)5)24(19-10-15-23(34)18(2)16-19)25(35)30-20-11-13-21(38-8)14-12-20/h10-16,22,24,33-34H,9,17H2,1-8H3,(H,30,35)(H,31,37). The molecule has 0 aromatic heterocycles. The Morgan fingerprint density at radius 1 is 1.03 bits per heavy atom. The summed E-state index contributed by atoms with van der Waals surface area (Å²) in [5, 5.41) is 25.6. The molecule has 2 aromatic rings. The lowest BCUT2D eigenvalue weighted by molar-refractivity contribution is -0.148. The molecule has 0 fully saturated rings. The van der Waals surface area contributed by atoms with Crippen LogP contribution >= 0.6 is 0 Å². The van der Waals surface area contributed by atoms with Crippen LogP contribution in [0.3, 0.4) is 0 Å². The molecule has 0 aliphatic carbocycles. The quantitative estimate of drug-likeness (QED) is 0.351. The number of amides is 3. The van der Waals surface area contributed by atoms with E-state index in [0.29, 0.717) is 29.0 Å². The summed E-state index contributed by atoms with van der Waals surface area (Å²) in [5.74, 6) is -0.535. The molecule has 2 atom stereocenters. The lowest BCUT2D eigenvalue weighted by Crippen LogP contribution is -2.59. The molecule has 2 aromatic carbocycles. The number of aliphatic hydroxyl groups excluding tert-OH is 1. The number of nitrogens with one attached hydrogen (secondary N) is 2. The van der Waals surface area contributed by atoms with Crippen molar-refractivity contribution in [3.05, 3.63) is 53.6 Å². The summed E-state index contributed by atoms with van der Waals surface area (Å²) in [6, 6.07) is 8.85. The first-order valence-electron chi connectivity index (χ1n) is 12.8. The number of nitrogens with zero attached hydrogens (tertiary/aromatic N) is 1. The molecule has 10 nitrogen and oxygen atoms in total. The molecule has 2 unspecified atom stereocenters. The minimum Gasteiger partial charge on any atom is -0.508 e. The van der Waals surface area contributed by atoms with E-state index in [1.807, 2.05) is 6.92 Å². The maximum Gasteiger partial charge on any atom is 0.408 e. The summed E-state index contributed by atoms with van der Waals surface area (Å²) in [7, 11) is 1.54. The van der Waals surface area contributed by atoms with Gasteiger partial charge in [-0.05, 0) is 95.5 Å². The van der Waals surface area contributed by atoms with E-state index in [1.54, 1.807) is 77.9 Å². The summed E-state index contributed by atoms with van der Waals surface area (Å²) < 4.78 is 10.5. The predicted octanol–water partition coefficient (Wildman–Crippen LogP) is 4.29. The number of aromatic hydroxyl groups is 1. The van der Waals surface area contributed by atoms with E-state index < -0.39 is 47.7 Å². The average Bonchev–Trinajstić information content (AvgIpc) is 2.86. The molecule has 0 spiro atoms. The monoisotopic (exact) mass is 543 g/mol. The van der Waals surface area contributed by atoms with Crippen LogP contribution in [-0.4, -0.2) is 63.9 Å². The molecule has 0 bridgehead atoms. The van der Waals surface area contributed by atoms with Gasteiger partial charge in [0.15, 0.2) is 0 Å². The van der Waals surface area contributed by atoms with Gasteiger partial charge in [-0.3, -0.25) is 9.59 Å². The number of hydrogen-bond acceptors (Lipinski definition) is 7. The zero-order valence-corrected chi connectivity index (χ0v) is 24.0. The number of alkyl carbamates (subject to hydrolysis) is 1. The first kappa shape index (κ1) is 31.4. The lowest BCUT2D eigenvalue weighted by Gasteiger charge is -2.44. The van der Waals surface area contributed by atoms with Gasteiger partial charge in [0.1, 0.15) is 29.2 Å². The number of aryl methyl sites for hydroxylation is 1. The van der Waals surface area contributed by atoms with Crippen LogP contribution in [0, 0.1) is 6.92 Å². The number of benzene rings is 2. The normalized spacial score (nSPS) is 13.2. The van der Waals surface area contributed by atoms with Gasteiger partial charge in [0.2, 0.25) is 5.91 Å². The number of anilines is 1. The summed E-state index contributed by atoms with van der Waals surface area (Å²) >= 11 is 0. The van der Waals surface area contributed by atoms with Gasteiger partial charge in [0, 0.05) is 11.2 Å². The number of carbonyl (C=O) groups is 3. The number of ether oxygens (including phenoxy) is 2. The topological polar surface area (TPSA) is 137 Å². The SMILES string of the molecule is CCC(C)(C)N(C(=O)C(CO)NC(=O)OC(C)(C)C)C(C(=O)Nc1ccc(OC)cc1)c1ccc(O)c(C)c1. The minimum atomic E-state index is -1.37. The zero-order valence-electron chi connectivity index (χ0n) is 24.0. The van der Waals surface area contributed by atoms with E-state index in [9.17, 15) is 24.6 Å². The molecule has 214 valence electrons. The summed E-state index contributed by atoms with van der Waals surface area (Å²) in [6.07, 6.45) is -0.420. The van der Waals surface area contributed by atoms with Gasteiger partial charge in [-0.25, -0.2) is 4.79 Å². The maximum atomic E-state index is 14.0. The van der Waals surface area contributed by atoms with Gasteiger partial charge in [0.25, 0.3) is 5.91 Å². The fraction of sp³-hybridized carbons (Fsp3) is 0.483. The molecule has 0 saturated heterocycles. The van der Waals surface area contributed by atoms with Gasteiger partial charge in [-0.2, -0.15) is 0 Å². The first-order valence-corrected chi connectivity index (χ1v) is 12.8. The predicted molar refractivity (Wildman–Crippen MR) is 149 cm³/mol. The number of phenolic OH excluding ortho intramolecular Hbond substituents is 1. The van der Waals surface area contributed by atoms with Crippen molar-refractivity contribution in [2.24, 2.45) is 0 Å². The van der Waals surface area contributed by atoms with E-state index >= 15 is 0 Å². The minimum absolute atomic E-state index is 0.0421. The molecule has 3 amide bonds. The van der Waals surface area contributed by atoms with Crippen LogP contribution < -0.4 is 15.4 Å². The number of carbonyl (C=O) groups excluding carboxylic acids is 3. The number of aliphatic hydroxyl groups is 1. The highest BCUT2D eigenvalue weighted by atomic mass is 16.6. The Hall–Kier alpha value is -3.79. The van der Waals surface area contributed by atoms with Crippen LogP contribution in [0.2, 0.25) is 0 Å². The summed E-state index contributed by atoms with van der Waals surface area (Å²) in [6.45, 7) is 11.5. The number of methoxy groups -OCH3 is 1. The van der Waals surface area contributed by atoms with Gasteiger partial charge in [0.05, 0.1) is 13.7 Å². The molecule has 0 saturated carbocycles. The van der Waals surface area contributed by atoms with E-state index in [0.717, 1.165) is 0 Å². The molecule has 0 heterocycles. The highest BCUT2D eigenvalue weighted by Gasteiger charge is 2.43. The van der Waals surface area contributed by atoms with Crippen LogP contribution in [0.5, 0.6) is 11.5 Å². The van der Waals surface area contributed by atoms with Crippen LogP contribution in [-0.2, 0) is 14.3 Å². The molecule has 2 rings (SSSR count). The Morgan fingerprint density at radius 3 is 2.13 bits per heavy atom. The number of rotatable bonds is 10. The summed E-state index contributed by atoms with van der Waals surface area (Å²) in [4.78, 5) is 41.8. The van der Waals surface area contributed by atoms with E-state index in [1.165, 1.54) is 18.1 Å². The fourth-order valence-corrected chi connectivity index (χ4v) is 3.90. The lowest BCUT2D eigenvalue weighted by atomic mass is 9.91. The van der Waals surface area contributed by atoms with Crippen molar-refractivity contribution in [3.63, 3.8) is 0 Å². The molecular formula is C29H41N3O7. The van der Waals surface area contributed by atoms with Gasteiger partial charge in [-0.1, -0.05) is 13.0 Å². The summed E-state index contributed by atoms with van der Waals surface area (Å²) in [5.41, 5.74) is -0.274. The highest BCUT2D eigenvalue weighted by molar-refractivity contribution is 5.99. The van der Waals surface area contributed by atoms with E-state index in [-0.39, 0.29) is 5.75 Å². The van der Waals surface area contributed by atoms with Crippen molar-refractivity contribution in [2.75, 3.05) is 19.0 Å². The number of phenols is 1. The molecular weight excluding hydrogens is 502 g/mol. The van der Waals surface area contributed by atoms with Crippen LogP contribution in [0.4, 0.5) is 10.5 Å². The fourth-order valence-electron chi connectivity index (χ4n) is 3.90. The van der Waals surface area contributed by atoms with Crippen molar-refractivity contribution in [1.82, 2.24) is 10.2 Å². The van der Waals surface area contributed by atoms with Crippen molar-refractivity contribution in [1.29, 1.82) is 0 Å². The molecule has 39 heavy (non-hydrogen) atoms. The Morgan fingerprint density at radius 2 is 1.64 bits per heavy atom. The molecule has 4 N–H and O–H groups in total. The van der Waals surface area contributed by atoms with E-state index in [2.05, 4.69) is 10.6 Å². The van der Waals surface area contributed by atoms with Gasteiger partial charge < -0.3 is 35.2 Å². The van der Waals surface area contributed by atoms with Crippen molar-refractivity contribution in [3.8, 4) is 11.5 Å². The van der Waals surface area contributed by atoms with Crippen LogP contribution in [0.1, 0.15) is 65.1 Å². The Kier molecular flexibility index (Phi) is 10.3. The third-order valence-electron chi connectivity index (χ3n) is 6.33. The largest absolute Gasteiger partial charge is 0.508 e. The second-order valence-corrected chi connectivity index (χ2v) is 10.9.